The summed E-state index contributed by atoms with van der Waals surface area (Å²) in [6, 6.07) is 10.1. The van der Waals surface area contributed by atoms with E-state index < -0.39 is 21.7 Å². The first-order valence-electron chi connectivity index (χ1n) is 9.51. The number of rotatable bonds is 7. The summed E-state index contributed by atoms with van der Waals surface area (Å²) in [6.45, 7) is 4.12. The van der Waals surface area contributed by atoms with Crippen LogP contribution in [0.4, 0.5) is 10.1 Å². The van der Waals surface area contributed by atoms with Crippen molar-refractivity contribution in [3.8, 4) is 0 Å². The predicted octanol–water partition coefficient (Wildman–Crippen LogP) is 3.25. The molecule has 8 heteroatoms. The summed E-state index contributed by atoms with van der Waals surface area (Å²) in [5.41, 5.74) is 2.59. The van der Waals surface area contributed by atoms with E-state index in [1.54, 1.807) is 6.07 Å². The van der Waals surface area contributed by atoms with E-state index in [4.69, 9.17) is 4.74 Å². The quantitative estimate of drug-likeness (QED) is 0.746. The summed E-state index contributed by atoms with van der Waals surface area (Å²) in [7, 11) is -3.99. The highest BCUT2D eigenvalue weighted by atomic mass is 32.2. The van der Waals surface area contributed by atoms with Gasteiger partial charge in [0, 0.05) is 18.8 Å². The molecule has 2 aromatic carbocycles. The van der Waals surface area contributed by atoms with Crippen molar-refractivity contribution in [1.82, 2.24) is 4.31 Å². The van der Waals surface area contributed by atoms with Crippen LogP contribution in [0.5, 0.6) is 0 Å². The summed E-state index contributed by atoms with van der Waals surface area (Å²) < 4.78 is 46.1. The maximum absolute atomic E-state index is 13.2. The van der Waals surface area contributed by atoms with Gasteiger partial charge < -0.3 is 10.1 Å². The highest BCUT2D eigenvalue weighted by Gasteiger charge is 2.31. The monoisotopic (exact) mass is 420 g/mol. The first-order chi connectivity index (χ1) is 13.8. The number of benzene rings is 2. The molecule has 0 aliphatic carbocycles. The lowest BCUT2D eigenvalue weighted by molar-refractivity contribution is -0.116. The molecule has 0 bridgehead atoms. The van der Waals surface area contributed by atoms with E-state index in [0.29, 0.717) is 12.3 Å². The van der Waals surface area contributed by atoms with Crippen LogP contribution in [0.15, 0.2) is 47.4 Å². The maximum atomic E-state index is 13.2. The number of aryl methyl sites for hydroxylation is 1. The van der Waals surface area contributed by atoms with Gasteiger partial charge in [-0.3, -0.25) is 4.79 Å². The van der Waals surface area contributed by atoms with E-state index in [2.05, 4.69) is 5.32 Å². The third-order valence-electron chi connectivity index (χ3n) is 5.08. The molecule has 3 rings (SSSR count). The Morgan fingerprint density at radius 3 is 2.59 bits per heavy atom. The van der Waals surface area contributed by atoms with Crippen molar-refractivity contribution < 1.29 is 22.3 Å². The number of nitrogens with one attached hydrogen (secondary N) is 1. The van der Waals surface area contributed by atoms with Gasteiger partial charge >= 0.3 is 0 Å². The molecule has 156 valence electrons. The van der Waals surface area contributed by atoms with Crippen LogP contribution in [0.3, 0.4) is 0 Å². The van der Waals surface area contributed by atoms with Gasteiger partial charge in [-0.25, -0.2) is 12.8 Å². The van der Waals surface area contributed by atoms with Crippen LogP contribution in [0.25, 0.3) is 0 Å². The third kappa shape index (κ3) is 5.20. The number of amides is 1. The van der Waals surface area contributed by atoms with Crippen LogP contribution in [-0.4, -0.2) is 44.4 Å². The van der Waals surface area contributed by atoms with Gasteiger partial charge in [0.1, 0.15) is 5.82 Å². The molecule has 1 atom stereocenters. The Kier molecular flexibility index (Phi) is 6.66. The highest BCUT2D eigenvalue weighted by Crippen LogP contribution is 2.22. The second-order valence-corrected chi connectivity index (χ2v) is 9.12. The van der Waals surface area contributed by atoms with Crippen molar-refractivity contribution in [3.05, 3.63) is 59.4 Å². The number of sulfonamides is 1. The summed E-state index contributed by atoms with van der Waals surface area (Å²) in [5, 5.41) is 2.79. The molecule has 2 aromatic rings. The number of hydrogen-bond acceptors (Lipinski definition) is 4. The summed E-state index contributed by atoms with van der Waals surface area (Å²) in [6.07, 6.45) is 1.32. The van der Waals surface area contributed by atoms with Gasteiger partial charge in [0.25, 0.3) is 0 Å². The largest absolute Gasteiger partial charge is 0.377 e. The van der Waals surface area contributed by atoms with Crippen LogP contribution in [0.2, 0.25) is 0 Å². The minimum Gasteiger partial charge on any atom is -0.377 e. The van der Waals surface area contributed by atoms with Crippen molar-refractivity contribution in [2.75, 3.05) is 25.0 Å². The Labute approximate surface area is 170 Å². The molecule has 6 nitrogen and oxygen atoms in total. The Morgan fingerprint density at radius 2 is 1.93 bits per heavy atom. The van der Waals surface area contributed by atoms with E-state index in [1.165, 1.54) is 12.1 Å². The van der Waals surface area contributed by atoms with Crippen molar-refractivity contribution >= 4 is 21.6 Å². The third-order valence-corrected chi connectivity index (χ3v) is 6.91. The average Bonchev–Trinajstić information content (AvgIpc) is 3.18. The average molecular weight is 421 g/mol. The number of nitrogens with zero attached hydrogens (tertiary/aromatic N) is 1. The number of carbonyl (C=O) groups is 1. The summed E-state index contributed by atoms with van der Waals surface area (Å²) >= 11 is 0. The molecule has 1 fully saturated rings. The highest BCUT2D eigenvalue weighted by molar-refractivity contribution is 7.89. The zero-order valence-corrected chi connectivity index (χ0v) is 17.3. The number of ether oxygens (including phenoxy) is 1. The predicted molar refractivity (Wildman–Crippen MR) is 109 cm³/mol. The van der Waals surface area contributed by atoms with E-state index in [0.717, 1.165) is 40.4 Å². The van der Waals surface area contributed by atoms with E-state index in [9.17, 15) is 17.6 Å². The molecule has 0 radical (unpaired) electrons. The van der Waals surface area contributed by atoms with E-state index in [-0.39, 0.29) is 24.1 Å². The fraction of sp³-hybridized carbons (Fsp3) is 0.381. The molecule has 0 aromatic heterocycles. The van der Waals surface area contributed by atoms with Crippen molar-refractivity contribution in [3.63, 3.8) is 0 Å². The van der Waals surface area contributed by atoms with Crippen LogP contribution >= 0.6 is 0 Å². The molecule has 1 N–H and O–H groups in total. The van der Waals surface area contributed by atoms with Gasteiger partial charge in [-0.05, 0) is 68.1 Å². The van der Waals surface area contributed by atoms with Gasteiger partial charge in [0.05, 0.1) is 17.5 Å². The Hall–Kier alpha value is -2.29. The van der Waals surface area contributed by atoms with Crippen LogP contribution in [0, 0.1) is 19.7 Å². The zero-order valence-electron chi connectivity index (χ0n) is 16.5. The normalized spacial score (nSPS) is 16.9. The molecule has 1 aliphatic heterocycles. The second-order valence-electron chi connectivity index (χ2n) is 7.18. The number of anilines is 1. The maximum Gasteiger partial charge on any atom is 0.243 e. The fourth-order valence-corrected chi connectivity index (χ4v) is 4.68. The first kappa shape index (κ1) is 21.4. The van der Waals surface area contributed by atoms with Gasteiger partial charge in [0.2, 0.25) is 15.9 Å². The summed E-state index contributed by atoms with van der Waals surface area (Å²) in [4.78, 5) is 12.6. The molecule has 0 saturated carbocycles. The zero-order chi connectivity index (χ0) is 21.0. The van der Waals surface area contributed by atoms with Gasteiger partial charge in [-0.15, -0.1) is 0 Å². The number of hydrogen-bond donors (Lipinski definition) is 1. The number of carbonyl (C=O) groups excluding carboxylic acids is 1. The van der Waals surface area contributed by atoms with E-state index >= 15 is 0 Å². The molecule has 1 amide bonds. The molecule has 1 aliphatic rings. The van der Waals surface area contributed by atoms with Gasteiger partial charge in [-0.1, -0.05) is 12.1 Å². The molecule has 1 heterocycles. The molecule has 29 heavy (non-hydrogen) atoms. The Bertz CT molecular complexity index is 971. The SMILES string of the molecule is Cc1cccc(NC(=O)CN(C[C@H]2CCCO2)S(=O)(=O)c2ccc(F)cc2)c1C. The molecule has 0 spiro atoms. The molecule has 0 unspecified atom stereocenters. The van der Waals surface area contributed by atoms with Crippen LogP contribution in [-0.2, 0) is 19.6 Å². The first-order valence-corrected chi connectivity index (χ1v) is 10.9. The van der Waals surface area contributed by atoms with Gasteiger partial charge in [0.15, 0.2) is 0 Å². The van der Waals surface area contributed by atoms with Gasteiger partial charge in [-0.2, -0.15) is 4.31 Å². The minimum absolute atomic E-state index is 0.0589. The minimum atomic E-state index is -3.99. The Balaban J connectivity index is 1.82. The van der Waals surface area contributed by atoms with Crippen molar-refractivity contribution in [2.45, 2.75) is 37.7 Å². The van der Waals surface area contributed by atoms with Crippen molar-refractivity contribution in [2.24, 2.45) is 0 Å². The van der Waals surface area contributed by atoms with Crippen LogP contribution in [0.1, 0.15) is 24.0 Å². The number of halogens is 1. The lowest BCUT2D eigenvalue weighted by atomic mass is 10.1. The second kappa shape index (κ2) is 9.02. The smallest absolute Gasteiger partial charge is 0.243 e. The Morgan fingerprint density at radius 1 is 1.21 bits per heavy atom. The fourth-order valence-electron chi connectivity index (χ4n) is 3.26. The van der Waals surface area contributed by atoms with Crippen molar-refractivity contribution in [1.29, 1.82) is 0 Å². The lowest BCUT2D eigenvalue weighted by Crippen LogP contribution is -2.42. The topological polar surface area (TPSA) is 75.7 Å². The lowest BCUT2D eigenvalue weighted by Gasteiger charge is -2.24. The molecular weight excluding hydrogens is 395 g/mol. The molecule has 1 saturated heterocycles. The summed E-state index contributed by atoms with van der Waals surface area (Å²) in [5.74, 6) is -0.968. The van der Waals surface area contributed by atoms with Crippen LogP contribution < -0.4 is 5.32 Å². The molecular formula is C21H25FN2O4S. The standard InChI is InChI=1S/C21H25FN2O4S/c1-15-5-3-7-20(16(15)2)23-21(25)14-24(13-18-6-4-12-28-18)29(26,27)19-10-8-17(22)9-11-19/h3,5,7-11,18H,4,6,12-14H2,1-2H3,(H,23,25)/t18-/m1/s1. The van der Waals surface area contributed by atoms with E-state index in [1.807, 2.05) is 26.0 Å².